The van der Waals surface area contributed by atoms with E-state index in [4.69, 9.17) is 10.6 Å². The molecule has 1 rings (SSSR count). The summed E-state index contributed by atoms with van der Waals surface area (Å²) < 4.78 is 5.10. The second-order valence-electron chi connectivity index (χ2n) is 4.56. The Balaban J connectivity index is 2.36. The molecule has 1 aromatic rings. The minimum atomic E-state index is 0.352. The molecule has 0 heterocycles. The van der Waals surface area contributed by atoms with Crippen LogP contribution in [0.4, 0.5) is 0 Å². The van der Waals surface area contributed by atoms with Crippen LogP contribution in [0.1, 0.15) is 25.3 Å². The van der Waals surface area contributed by atoms with E-state index in [0.717, 1.165) is 25.9 Å². The lowest BCUT2D eigenvalue weighted by molar-refractivity contribution is 0.168. The summed E-state index contributed by atoms with van der Waals surface area (Å²) in [7, 11) is 1.74. The lowest BCUT2D eigenvalue weighted by atomic mass is 9.93. The van der Waals surface area contributed by atoms with Crippen LogP contribution in [0.25, 0.3) is 0 Å². The Kier molecular flexibility index (Phi) is 6.86. The average Bonchev–Trinajstić information content (AvgIpc) is 2.38. The summed E-state index contributed by atoms with van der Waals surface area (Å²) in [5.41, 5.74) is 4.29. The molecule has 0 saturated heterocycles. The first-order valence-electron chi connectivity index (χ1n) is 6.27. The number of nitrogens with one attached hydrogen (secondary N) is 1. The highest BCUT2D eigenvalue weighted by Gasteiger charge is 2.15. The largest absolute Gasteiger partial charge is 0.385 e. The van der Waals surface area contributed by atoms with Crippen molar-refractivity contribution in [2.24, 2.45) is 11.8 Å². The average molecular weight is 236 g/mol. The van der Waals surface area contributed by atoms with E-state index in [1.54, 1.807) is 7.11 Å². The fourth-order valence-electron chi connectivity index (χ4n) is 2.00. The zero-order chi connectivity index (χ0) is 12.5. The number of benzene rings is 1. The molecule has 0 bridgehead atoms. The third-order valence-corrected chi connectivity index (χ3v) is 3.27. The summed E-state index contributed by atoms with van der Waals surface area (Å²) in [5, 5.41) is 0. The smallest absolute Gasteiger partial charge is 0.0465 e. The van der Waals surface area contributed by atoms with Crippen molar-refractivity contribution >= 4 is 0 Å². The van der Waals surface area contributed by atoms with Gasteiger partial charge >= 0.3 is 0 Å². The van der Waals surface area contributed by atoms with Gasteiger partial charge in [0.15, 0.2) is 0 Å². The lowest BCUT2D eigenvalue weighted by Gasteiger charge is -2.23. The van der Waals surface area contributed by atoms with Crippen LogP contribution in [0.2, 0.25) is 0 Å². The Labute approximate surface area is 104 Å². The highest BCUT2D eigenvalue weighted by molar-refractivity contribution is 5.14. The normalized spacial score (nSPS) is 14.5. The molecule has 0 aliphatic heterocycles. The van der Waals surface area contributed by atoms with Crippen molar-refractivity contribution < 1.29 is 4.74 Å². The molecule has 2 unspecified atom stereocenters. The molecule has 0 saturated carbocycles. The van der Waals surface area contributed by atoms with Crippen molar-refractivity contribution in [3.8, 4) is 0 Å². The molecule has 1 aromatic carbocycles. The summed E-state index contributed by atoms with van der Waals surface area (Å²) in [5.74, 6) is 6.15. The molecule has 0 aliphatic carbocycles. The summed E-state index contributed by atoms with van der Waals surface area (Å²) >= 11 is 0. The molecule has 0 fully saturated rings. The van der Waals surface area contributed by atoms with Crippen LogP contribution in [-0.4, -0.2) is 19.8 Å². The zero-order valence-electron chi connectivity index (χ0n) is 10.9. The van der Waals surface area contributed by atoms with Gasteiger partial charge in [-0.25, -0.2) is 0 Å². The summed E-state index contributed by atoms with van der Waals surface area (Å²) in [6.07, 6.45) is 3.17. The molecule has 3 nitrogen and oxygen atoms in total. The highest BCUT2D eigenvalue weighted by atomic mass is 16.5. The van der Waals surface area contributed by atoms with Gasteiger partial charge in [-0.05, 0) is 30.7 Å². The van der Waals surface area contributed by atoms with Crippen LogP contribution >= 0.6 is 0 Å². The van der Waals surface area contributed by atoms with Crippen molar-refractivity contribution in [1.82, 2.24) is 5.43 Å². The molecule has 96 valence electrons. The second-order valence-corrected chi connectivity index (χ2v) is 4.56. The number of rotatable bonds is 8. The van der Waals surface area contributed by atoms with Crippen LogP contribution in [0.15, 0.2) is 30.3 Å². The number of hydrazine groups is 1. The van der Waals surface area contributed by atoms with Gasteiger partial charge in [0.25, 0.3) is 0 Å². The van der Waals surface area contributed by atoms with Gasteiger partial charge in [-0.3, -0.25) is 11.3 Å². The zero-order valence-corrected chi connectivity index (χ0v) is 10.9. The van der Waals surface area contributed by atoms with Gasteiger partial charge in [0.05, 0.1) is 0 Å². The maximum atomic E-state index is 5.62. The molecule has 0 spiro atoms. The van der Waals surface area contributed by atoms with Crippen LogP contribution in [-0.2, 0) is 11.2 Å². The Morgan fingerprint density at radius 3 is 2.53 bits per heavy atom. The van der Waals surface area contributed by atoms with E-state index >= 15 is 0 Å². The third-order valence-electron chi connectivity index (χ3n) is 3.27. The standard InChI is InChI=1S/C14H24N2O/c1-12(10-11-17-2)14(16-15)9-8-13-6-4-3-5-7-13/h3-7,12,14,16H,8-11,15H2,1-2H3. The monoisotopic (exact) mass is 236 g/mol. The molecule has 0 radical (unpaired) electrons. The van der Waals surface area contributed by atoms with Gasteiger partial charge in [-0.15, -0.1) is 0 Å². The van der Waals surface area contributed by atoms with Crippen molar-refractivity contribution in [2.75, 3.05) is 13.7 Å². The molecule has 0 aromatic heterocycles. The molecule has 2 atom stereocenters. The second kappa shape index (κ2) is 8.23. The number of hydrogen-bond donors (Lipinski definition) is 2. The SMILES string of the molecule is COCCC(C)C(CCc1ccccc1)NN. The Bertz CT molecular complexity index is 290. The molecule has 0 amide bonds. The number of aryl methyl sites for hydroxylation is 1. The van der Waals surface area contributed by atoms with Crippen molar-refractivity contribution in [1.29, 1.82) is 0 Å². The molecular formula is C14H24N2O. The van der Waals surface area contributed by atoms with Crippen molar-refractivity contribution in [2.45, 2.75) is 32.2 Å². The number of ether oxygens (including phenoxy) is 1. The predicted molar refractivity (Wildman–Crippen MR) is 71.5 cm³/mol. The fourth-order valence-corrected chi connectivity index (χ4v) is 2.00. The fraction of sp³-hybridized carbons (Fsp3) is 0.571. The molecule has 17 heavy (non-hydrogen) atoms. The quantitative estimate of drug-likeness (QED) is 0.537. The molecule has 3 heteroatoms. The summed E-state index contributed by atoms with van der Waals surface area (Å²) in [6.45, 7) is 3.01. The Morgan fingerprint density at radius 1 is 1.24 bits per heavy atom. The van der Waals surface area contributed by atoms with Crippen LogP contribution in [0, 0.1) is 5.92 Å². The first-order valence-corrected chi connectivity index (χ1v) is 6.27. The Hall–Kier alpha value is -0.900. The number of hydrogen-bond acceptors (Lipinski definition) is 3. The van der Waals surface area contributed by atoms with E-state index < -0.39 is 0 Å². The maximum Gasteiger partial charge on any atom is 0.0465 e. The van der Waals surface area contributed by atoms with Crippen LogP contribution in [0.5, 0.6) is 0 Å². The van der Waals surface area contributed by atoms with Crippen molar-refractivity contribution in [3.05, 3.63) is 35.9 Å². The lowest BCUT2D eigenvalue weighted by Crippen LogP contribution is -2.40. The van der Waals surface area contributed by atoms with Crippen LogP contribution in [0.3, 0.4) is 0 Å². The van der Waals surface area contributed by atoms with E-state index in [2.05, 4.69) is 36.6 Å². The van der Waals surface area contributed by atoms with Crippen LogP contribution < -0.4 is 11.3 Å². The van der Waals surface area contributed by atoms with E-state index in [0.29, 0.717) is 12.0 Å². The first kappa shape index (κ1) is 14.2. The predicted octanol–water partition coefficient (Wildman–Crippen LogP) is 2.12. The number of nitrogens with two attached hydrogens (primary N) is 1. The maximum absolute atomic E-state index is 5.62. The summed E-state index contributed by atoms with van der Waals surface area (Å²) in [6, 6.07) is 10.9. The van der Waals surface area contributed by atoms with Gasteiger partial charge < -0.3 is 4.74 Å². The minimum absolute atomic E-state index is 0.352. The van der Waals surface area contributed by atoms with Gasteiger partial charge in [-0.2, -0.15) is 0 Å². The van der Waals surface area contributed by atoms with Crippen molar-refractivity contribution in [3.63, 3.8) is 0 Å². The third kappa shape index (κ3) is 5.31. The van der Waals surface area contributed by atoms with Gasteiger partial charge in [0.1, 0.15) is 0 Å². The minimum Gasteiger partial charge on any atom is -0.385 e. The highest BCUT2D eigenvalue weighted by Crippen LogP contribution is 2.14. The van der Waals surface area contributed by atoms with Gasteiger partial charge in [0.2, 0.25) is 0 Å². The topological polar surface area (TPSA) is 47.3 Å². The van der Waals surface area contributed by atoms with E-state index in [1.807, 2.05) is 6.07 Å². The summed E-state index contributed by atoms with van der Waals surface area (Å²) in [4.78, 5) is 0. The van der Waals surface area contributed by atoms with Gasteiger partial charge in [0, 0.05) is 19.8 Å². The number of methoxy groups -OCH3 is 1. The van der Waals surface area contributed by atoms with E-state index in [1.165, 1.54) is 5.56 Å². The Morgan fingerprint density at radius 2 is 1.94 bits per heavy atom. The molecule has 0 aliphatic rings. The van der Waals surface area contributed by atoms with E-state index in [-0.39, 0.29) is 0 Å². The first-order chi connectivity index (χ1) is 8.27. The molecule has 3 N–H and O–H groups in total. The van der Waals surface area contributed by atoms with Gasteiger partial charge in [-0.1, -0.05) is 37.3 Å². The van der Waals surface area contributed by atoms with E-state index in [9.17, 15) is 0 Å². The molecular weight excluding hydrogens is 212 g/mol.